The highest BCUT2D eigenvalue weighted by Crippen LogP contribution is 2.26. The minimum Gasteiger partial charge on any atom is -0.438 e. The fourth-order valence-corrected chi connectivity index (χ4v) is 4.75. The Labute approximate surface area is 256 Å². The van der Waals surface area contributed by atoms with Crippen molar-refractivity contribution in [1.82, 2.24) is 0 Å². The Morgan fingerprint density at radius 1 is 0.250 bits per heavy atom. The van der Waals surface area contributed by atoms with Crippen LogP contribution in [0, 0.1) is 47.4 Å². The zero-order valence-electron chi connectivity index (χ0n) is 23.5. The molecular weight excluding hydrogens is 536 g/mol. The van der Waals surface area contributed by atoms with E-state index in [9.17, 15) is 0 Å². The van der Waals surface area contributed by atoms with Crippen LogP contribution in [0.2, 0.25) is 0 Å². The van der Waals surface area contributed by atoms with Crippen LogP contribution in [0.3, 0.4) is 0 Å². The van der Waals surface area contributed by atoms with E-state index in [-0.39, 0.29) is 0 Å². The van der Waals surface area contributed by atoms with E-state index < -0.39 is 0 Å². The predicted molar refractivity (Wildman–Crippen MR) is 176 cm³/mol. The van der Waals surface area contributed by atoms with E-state index in [1.807, 2.05) is 133 Å². The van der Waals surface area contributed by atoms with Crippen molar-refractivity contribution in [3.63, 3.8) is 0 Å². The standard InChI is InChI=1S/C42H22O2/c1-3-11-31(12-4-1)23-27-39-35-15-7-9-17-37(35)41(43-39)29-25-33-19-21-34(22-20-33)26-30-42-38-18-10-8-16-36(38)40(44-42)28-24-32-13-5-2-6-14-32/h1-22H. The fraction of sp³-hybridized carbons (Fsp3) is 0. The third-order valence-corrected chi connectivity index (χ3v) is 6.95. The monoisotopic (exact) mass is 558 g/mol. The zero-order valence-corrected chi connectivity index (χ0v) is 23.5. The highest BCUT2D eigenvalue weighted by Gasteiger charge is 2.10. The number of furan rings is 2. The van der Waals surface area contributed by atoms with Gasteiger partial charge in [0.25, 0.3) is 0 Å². The molecule has 2 heterocycles. The van der Waals surface area contributed by atoms with E-state index in [2.05, 4.69) is 47.4 Å². The quantitative estimate of drug-likeness (QED) is 0.174. The lowest BCUT2D eigenvalue weighted by molar-refractivity contribution is 0.547. The molecule has 202 valence electrons. The number of fused-ring (bicyclic) bond motifs is 2. The highest BCUT2D eigenvalue weighted by molar-refractivity contribution is 5.92. The van der Waals surface area contributed by atoms with Gasteiger partial charge in [0.05, 0.1) is 0 Å². The molecule has 0 aliphatic carbocycles. The molecule has 2 heteroatoms. The molecule has 0 aliphatic heterocycles. The van der Waals surface area contributed by atoms with Gasteiger partial charge in [-0.25, -0.2) is 0 Å². The van der Waals surface area contributed by atoms with Crippen molar-refractivity contribution in [2.45, 2.75) is 0 Å². The minimum absolute atomic E-state index is 0.595. The number of hydrogen-bond acceptors (Lipinski definition) is 2. The molecule has 2 aromatic heterocycles. The summed E-state index contributed by atoms with van der Waals surface area (Å²) in [6.07, 6.45) is 0. The molecular formula is C42H22O2. The van der Waals surface area contributed by atoms with Gasteiger partial charge in [-0.3, -0.25) is 0 Å². The second-order valence-electron chi connectivity index (χ2n) is 9.92. The molecule has 0 radical (unpaired) electrons. The van der Waals surface area contributed by atoms with E-state index >= 15 is 0 Å². The Kier molecular flexibility index (Phi) is 7.25. The first kappa shape index (κ1) is 26.3. The zero-order chi connectivity index (χ0) is 29.6. The molecule has 44 heavy (non-hydrogen) atoms. The van der Waals surface area contributed by atoms with Crippen molar-refractivity contribution >= 4 is 21.5 Å². The lowest BCUT2D eigenvalue weighted by Gasteiger charge is -1.92. The van der Waals surface area contributed by atoms with Crippen molar-refractivity contribution in [1.29, 1.82) is 0 Å². The largest absolute Gasteiger partial charge is 0.438 e. The van der Waals surface area contributed by atoms with Gasteiger partial charge in [-0.05, 0) is 96.5 Å². The van der Waals surface area contributed by atoms with Gasteiger partial charge >= 0.3 is 0 Å². The van der Waals surface area contributed by atoms with Crippen LogP contribution in [0.1, 0.15) is 45.3 Å². The second-order valence-corrected chi connectivity index (χ2v) is 9.92. The van der Waals surface area contributed by atoms with Gasteiger partial charge < -0.3 is 8.83 Å². The summed E-state index contributed by atoms with van der Waals surface area (Å²) < 4.78 is 12.2. The SMILES string of the molecule is C(#Cc1oc(C#Cc2ccc(C#Cc3oc(C#Cc4ccccc4)c4ccccc34)cc2)c2ccccc12)c1ccccc1. The predicted octanol–water partition coefficient (Wildman–Crippen LogP) is 8.78. The summed E-state index contributed by atoms with van der Waals surface area (Å²) in [5, 5.41) is 3.78. The Balaban J connectivity index is 1.13. The van der Waals surface area contributed by atoms with Gasteiger partial charge in [0, 0.05) is 43.8 Å². The minimum atomic E-state index is 0.595. The van der Waals surface area contributed by atoms with E-state index in [0.717, 1.165) is 43.8 Å². The molecule has 0 aliphatic rings. The third-order valence-electron chi connectivity index (χ3n) is 6.95. The second kappa shape index (κ2) is 12.1. The van der Waals surface area contributed by atoms with E-state index in [1.165, 1.54) is 0 Å². The number of hydrogen-bond donors (Lipinski definition) is 0. The molecule has 2 nitrogen and oxygen atoms in total. The fourth-order valence-electron chi connectivity index (χ4n) is 4.75. The average Bonchev–Trinajstić information content (AvgIpc) is 3.63. The maximum Gasteiger partial charge on any atom is 0.186 e. The average molecular weight is 559 g/mol. The van der Waals surface area contributed by atoms with Crippen molar-refractivity contribution in [3.8, 4) is 47.4 Å². The van der Waals surface area contributed by atoms with Crippen LogP contribution in [-0.2, 0) is 0 Å². The van der Waals surface area contributed by atoms with Crippen molar-refractivity contribution in [3.05, 3.63) is 179 Å². The first-order chi connectivity index (χ1) is 21.8. The van der Waals surface area contributed by atoms with Crippen molar-refractivity contribution in [2.24, 2.45) is 0 Å². The Bertz CT molecular complexity index is 2200. The van der Waals surface area contributed by atoms with Crippen molar-refractivity contribution < 1.29 is 8.83 Å². The topological polar surface area (TPSA) is 26.3 Å². The maximum absolute atomic E-state index is 6.11. The maximum atomic E-state index is 6.11. The summed E-state index contributed by atoms with van der Waals surface area (Å²) in [6, 6.07) is 43.5. The number of rotatable bonds is 0. The molecule has 7 rings (SSSR count). The van der Waals surface area contributed by atoms with Crippen LogP contribution in [-0.4, -0.2) is 0 Å². The van der Waals surface area contributed by atoms with E-state index in [1.54, 1.807) is 0 Å². The Morgan fingerprint density at radius 2 is 0.500 bits per heavy atom. The molecule has 0 N–H and O–H groups in total. The lowest BCUT2D eigenvalue weighted by Crippen LogP contribution is -1.78. The van der Waals surface area contributed by atoms with Gasteiger partial charge in [0.2, 0.25) is 0 Å². The highest BCUT2D eigenvalue weighted by atomic mass is 16.3. The first-order valence-corrected chi connectivity index (χ1v) is 14.1. The van der Waals surface area contributed by atoms with E-state index in [4.69, 9.17) is 8.83 Å². The first-order valence-electron chi connectivity index (χ1n) is 14.1. The van der Waals surface area contributed by atoms with Crippen LogP contribution in [0.4, 0.5) is 0 Å². The molecule has 5 aromatic carbocycles. The van der Waals surface area contributed by atoms with Crippen molar-refractivity contribution in [2.75, 3.05) is 0 Å². The van der Waals surface area contributed by atoms with Gasteiger partial charge in [-0.15, -0.1) is 0 Å². The molecule has 0 atom stereocenters. The Hall–Kier alpha value is -6.58. The van der Waals surface area contributed by atoms with Gasteiger partial charge in [-0.1, -0.05) is 84.3 Å². The van der Waals surface area contributed by atoms with Crippen LogP contribution in [0.15, 0.2) is 142 Å². The molecule has 0 amide bonds. The van der Waals surface area contributed by atoms with E-state index in [0.29, 0.717) is 23.0 Å². The smallest absolute Gasteiger partial charge is 0.186 e. The summed E-state index contributed by atoms with van der Waals surface area (Å²) >= 11 is 0. The third kappa shape index (κ3) is 5.75. The van der Waals surface area contributed by atoms with Gasteiger partial charge in [0.15, 0.2) is 23.0 Å². The van der Waals surface area contributed by atoms with Crippen LogP contribution < -0.4 is 0 Å². The number of benzene rings is 5. The van der Waals surface area contributed by atoms with Gasteiger partial charge in [0.1, 0.15) is 0 Å². The summed E-state index contributed by atoms with van der Waals surface area (Å²) in [4.78, 5) is 0. The molecule has 0 saturated carbocycles. The van der Waals surface area contributed by atoms with Gasteiger partial charge in [-0.2, -0.15) is 0 Å². The Morgan fingerprint density at radius 3 is 0.795 bits per heavy atom. The lowest BCUT2D eigenvalue weighted by atomic mass is 10.1. The summed E-state index contributed by atoms with van der Waals surface area (Å²) in [5.41, 5.74) is 3.58. The summed E-state index contributed by atoms with van der Waals surface area (Å²) in [5.74, 6) is 27.9. The summed E-state index contributed by atoms with van der Waals surface area (Å²) in [7, 11) is 0. The molecule has 0 unspecified atom stereocenters. The molecule has 0 spiro atoms. The molecule has 0 bridgehead atoms. The van der Waals surface area contributed by atoms with Crippen LogP contribution >= 0.6 is 0 Å². The van der Waals surface area contributed by atoms with Crippen LogP contribution in [0.5, 0.6) is 0 Å². The molecule has 0 saturated heterocycles. The van der Waals surface area contributed by atoms with Crippen LogP contribution in [0.25, 0.3) is 21.5 Å². The molecule has 0 fully saturated rings. The normalized spacial score (nSPS) is 10.0. The molecule has 7 aromatic rings. The summed E-state index contributed by atoms with van der Waals surface area (Å²) in [6.45, 7) is 0.